The molecule has 2 N–H and O–H groups in total. The van der Waals surface area contributed by atoms with Gasteiger partial charge in [-0.05, 0) is 49.2 Å². The van der Waals surface area contributed by atoms with E-state index in [1.165, 1.54) is 17.7 Å². The standard InChI is InChI=1S/C23H33N4O3/c1-14(2)21-11-18(16(5)10-19(21)13-24-15(3)4)12-22-25-26-23(30-22)17-6-8-20(9-7-17)27(28)29/h6-10,14-15,18-19,21,24,26H,11-13H2,1-5H3/q-1/t18-,19-,21-/m0/s1. The highest BCUT2D eigenvalue weighted by molar-refractivity contribution is 6.02. The van der Waals surface area contributed by atoms with Gasteiger partial charge >= 0.3 is 0 Å². The molecule has 0 unspecified atom stereocenters. The molecule has 3 atom stereocenters. The fraction of sp³-hybridized carbons (Fsp3) is 0.565. The van der Waals surface area contributed by atoms with Crippen molar-refractivity contribution in [1.29, 1.82) is 0 Å². The first-order valence-electron chi connectivity index (χ1n) is 10.8. The molecule has 0 amide bonds. The van der Waals surface area contributed by atoms with Crippen molar-refractivity contribution in [3.63, 3.8) is 0 Å². The van der Waals surface area contributed by atoms with Crippen LogP contribution < -0.4 is 10.7 Å². The van der Waals surface area contributed by atoms with Crippen LogP contribution in [0.2, 0.25) is 0 Å². The van der Waals surface area contributed by atoms with E-state index >= 15 is 0 Å². The lowest BCUT2D eigenvalue weighted by molar-refractivity contribution is -0.377. The van der Waals surface area contributed by atoms with Crippen molar-refractivity contribution in [3.05, 3.63) is 57.8 Å². The Hall–Kier alpha value is -2.54. The van der Waals surface area contributed by atoms with Crippen LogP contribution in [0.5, 0.6) is 0 Å². The number of nitrogens with one attached hydrogen (secondary N) is 2. The Balaban J connectivity index is 1.65. The van der Waals surface area contributed by atoms with E-state index in [1.54, 1.807) is 12.2 Å². The second-order valence-corrected chi connectivity index (χ2v) is 9.03. The molecule has 0 aromatic heterocycles. The van der Waals surface area contributed by atoms with Crippen LogP contribution in [0.15, 0.2) is 52.5 Å². The molecule has 3 aliphatic rings. The number of rotatable bonds is 6. The Kier molecular flexibility index (Phi) is 7.02. The molecule has 0 saturated carbocycles. The van der Waals surface area contributed by atoms with Crippen molar-refractivity contribution in [3.8, 4) is 0 Å². The highest BCUT2D eigenvalue weighted by atomic mass is 16.8. The first kappa shape index (κ1) is 22.2. The maximum absolute atomic E-state index is 10.8. The molecule has 7 heteroatoms. The van der Waals surface area contributed by atoms with Gasteiger partial charge in [0.1, 0.15) is 0 Å². The molecular weight excluding hydrogens is 380 g/mol. The minimum absolute atomic E-state index is 0.0581. The zero-order valence-electron chi connectivity index (χ0n) is 18.5. The van der Waals surface area contributed by atoms with Crippen LogP contribution >= 0.6 is 0 Å². The molecule has 1 aliphatic heterocycles. The molecule has 164 valence electrons. The summed E-state index contributed by atoms with van der Waals surface area (Å²) in [6.45, 7) is 12.2. The van der Waals surface area contributed by atoms with Crippen molar-refractivity contribution in [1.82, 2.24) is 10.7 Å². The minimum atomic E-state index is -0.410. The molecule has 0 bridgehead atoms. The maximum Gasteiger partial charge on any atom is 0.222 e. The Morgan fingerprint density at radius 2 is 1.90 bits per heavy atom. The summed E-state index contributed by atoms with van der Waals surface area (Å²) in [5, 5.41) is 29.6. The lowest BCUT2D eigenvalue weighted by atomic mass is 9.70. The third kappa shape index (κ3) is 5.33. The number of hydrogen-bond acceptors (Lipinski definition) is 6. The first-order chi connectivity index (χ1) is 14.2. The Morgan fingerprint density at radius 3 is 2.50 bits per heavy atom. The summed E-state index contributed by atoms with van der Waals surface area (Å²) in [4.78, 5) is -0.410. The quantitative estimate of drug-likeness (QED) is 0.391. The lowest BCUT2D eigenvalue weighted by Gasteiger charge is -2.37. The Labute approximate surface area is 179 Å². The van der Waals surface area contributed by atoms with Gasteiger partial charge in [0.25, 0.3) is 0 Å². The number of allylic oxidation sites excluding steroid dienone is 6. The van der Waals surface area contributed by atoms with Gasteiger partial charge in [-0.25, -0.2) is 5.43 Å². The van der Waals surface area contributed by atoms with Crippen LogP contribution in [-0.4, -0.2) is 29.1 Å². The fourth-order valence-electron chi connectivity index (χ4n) is 4.31. The monoisotopic (exact) mass is 413 g/mol. The van der Waals surface area contributed by atoms with Crippen molar-refractivity contribution >= 4 is 11.6 Å². The third-order valence-electron chi connectivity index (χ3n) is 6.11. The van der Waals surface area contributed by atoms with Crippen molar-refractivity contribution in [2.24, 2.45) is 28.8 Å². The Morgan fingerprint density at radius 1 is 1.20 bits per heavy atom. The molecule has 7 nitrogen and oxygen atoms in total. The molecule has 1 heterocycles. The van der Waals surface area contributed by atoms with E-state index < -0.39 is 4.90 Å². The normalized spacial score (nSPS) is 26.1. The van der Waals surface area contributed by atoms with Gasteiger partial charge in [0.2, 0.25) is 17.5 Å². The number of nitrogens with zero attached hydrogens (tertiary/aromatic N) is 2. The van der Waals surface area contributed by atoms with Gasteiger partial charge < -0.3 is 20.5 Å². The van der Waals surface area contributed by atoms with Gasteiger partial charge in [-0.15, -0.1) is 5.10 Å². The first-order valence-corrected chi connectivity index (χ1v) is 10.8. The Bertz CT molecular complexity index is 811. The SMILES string of the molecule is CC1=C[C@@H](CNC(C)C)[C@H](C(C)C)C[C@H]1CC1=NNC(=C2C=CC(=[N+]([O-])[O-])C=C2)O1. The molecule has 3 rings (SSSR count). The highest BCUT2D eigenvalue weighted by Gasteiger charge is 2.33. The van der Waals surface area contributed by atoms with Gasteiger partial charge in [0.05, 0.1) is 0 Å². The second-order valence-electron chi connectivity index (χ2n) is 9.03. The summed E-state index contributed by atoms with van der Waals surface area (Å²) in [6.07, 6.45) is 10.6. The third-order valence-corrected chi connectivity index (χ3v) is 6.11. The molecule has 30 heavy (non-hydrogen) atoms. The average Bonchev–Trinajstić information content (AvgIpc) is 3.16. The van der Waals surface area contributed by atoms with E-state index in [-0.39, 0.29) is 5.71 Å². The number of ether oxygens (including phenoxy) is 1. The van der Waals surface area contributed by atoms with E-state index in [9.17, 15) is 10.4 Å². The molecule has 0 aromatic rings. The van der Waals surface area contributed by atoms with E-state index in [1.807, 2.05) is 0 Å². The summed E-state index contributed by atoms with van der Waals surface area (Å²) in [5.41, 5.74) is 5.14. The van der Waals surface area contributed by atoms with Crippen molar-refractivity contribution in [2.75, 3.05) is 6.54 Å². The van der Waals surface area contributed by atoms with Gasteiger partial charge in [-0.3, -0.25) is 0 Å². The largest absolute Gasteiger partial charge is 0.612 e. The zero-order chi connectivity index (χ0) is 21.8. The topological polar surface area (TPSA) is 94.8 Å². The van der Waals surface area contributed by atoms with Crippen molar-refractivity contribution in [2.45, 2.75) is 53.5 Å². The predicted molar refractivity (Wildman–Crippen MR) is 120 cm³/mol. The summed E-state index contributed by atoms with van der Waals surface area (Å²) in [6, 6.07) is 0.491. The summed E-state index contributed by atoms with van der Waals surface area (Å²) in [7, 11) is 0. The van der Waals surface area contributed by atoms with Crippen LogP contribution in [0.25, 0.3) is 0 Å². The highest BCUT2D eigenvalue weighted by Crippen LogP contribution is 2.39. The summed E-state index contributed by atoms with van der Waals surface area (Å²) < 4.78 is 5.95. The maximum atomic E-state index is 10.8. The van der Waals surface area contributed by atoms with Gasteiger partial charge in [-0.2, -0.15) is 4.90 Å². The summed E-state index contributed by atoms with van der Waals surface area (Å²) >= 11 is 0. The van der Waals surface area contributed by atoms with Gasteiger partial charge in [0, 0.05) is 36.7 Å². The van der Waals surface area contributed by atoms with Crippen LogP contribution in [0.4, 0.5) is 0 Å². The van der Waals surface area contributed by atoms with Crippen molar-refractivity contribution < 1.29 is 9.64 Å². The van der Waals surface area contributed by atoms with Gasteiger partial charge in [-0.1, -0.05) is 39.3 Å². The van der Waals surface area contributed by atoms with E-state index in [2.05, 4.69) is 56.5 Å². The fourth-order valence-corrected chi connectivity index (χ4v) is 4.31. The second kappa shape index (κ2) is 9.51. The van der Waals surface area contributed by atoms with Crippen LogP contribution in [-0.2, 0) is 4.74 Å². The number of hydrogen-bond donors (Lipinski definition) is 2. The zero-order valence-corrected chi connectivity index (χ0v) is 18.5. The molecular formula is C23H33N4O3-. The molecule has 2 aliphatic carbocycles. The lowest BCUT2D eigenvalue weighted by Crippen LogP contribution is -2.37. The molecule has 0 fully saturated rings. The smallest absolute Gasteiger partial charge is 0.222 e. The van der Waals surface area contributed by atoms with E-state index in [4.69, 9.17) is 4.74 Å². The molecule has 0 saturated heterocycles. The van der Waals surface area contributed by atoms with Crippen LogP contribution in [0.3, 0.4) is 0 Å². The molecule has 0 radical (unpaired) electrons. The predicted octanol–water partition coefficient (Wildman–Crippen LogP) is 3.95. The summed E-state index contributed by atoms with van der Waals surface area (Å²) in [5.74, 6) is 3.39. The van der Waals surface area contributed by atoms with Gasteiger partial charge in [0.15, 0.2) is 0 Å². The minimum Gasteiger partial charge on any atom is -0.612 e. The van der Waals surface area contributed by atoms with Crippen LogP contribution in [0, 0.1) is 34.1 Å². The van der Waals surface area contributed by atoms with E-state index in [0.29, 0.717) is 41.5 Å². The molecule has 0 aromatic carbocycles. The van der Waals surface area contributed by atoms with E-state index in [0.717, 1.165) is 25.0 Å². The number of hydrazone groups is 1. The molecule has 0 spiro atoms. The van der Waals surface area contributed by atoms with Crippen LogP contribution in [0.1, 0.15) is 47.5 Å². The average molecular weight is 414 g/mol.